The van der Waals surface area contributed by atoms with E-state index in [9.17, 15) is 4.79 Å². The largest absolute Gasteiger partial charge is 0.485 e. The molecule has 0 unspecified atom stereocenters. The molecule has 3 nitrogen and oxygen atoms in total. The summed E-state index contributed by atoms with van der Waals surface area (Å²) >= 11 is 11.6. The Morgan fingerprint density at radius 1 is 1.10 bits per heavy atom. The van der Waals surface area contributed by atoms with Crippen LogP contribution in [-0.2, 0) is 0 Å². The van der Waals surface area contributed by atoms with E-state index in [-0.39, 0.29) is 12.4 Å². The summed E-state index contributed by atoms with van der Waals surface area (Å²) in [5, 5.41) is 9.40. The highest BCUT2D eigenvalue weighted by molar-refractivity contribution is 6.42. The van der Waals surface area contributed by atoms with Crippen molar-refractivity contribution in [1.82, 2.24) is 0 Å². The van der Waals surface area contributed by atoms with E-state index in [1.54, 1.807) is 36.4 Å². The fraction of sp³-hybridized carbons (Fsp3) is 0.0667. The van der Waals surface area contributed by atoms with E-state index >= 15 is 0 Å². The third-order valence-corrected chi connectivity index (χ3v) is 3.33. The highest BCUT2D eigenvalue weighted by Gasteiger charge is 2.09. The molecular formula is C15H9Cl2NO2. The first-order chi connectivity index (χ1) is 9.60. The number of Topliss-reactive ketones (excluding diaryl/α,β-unsaturated/α-hetero) is 1. The van der Waals surface area contributed by atoms with Gasteiger partial charge in [0.25, 0.3) is 0 Å². The molecule has 0 aromatic heterocycles. The van der Waals surface area contributed by atoms with Crippen LogP contribution >= 0.6 is 23.2 Å². The molecule has 2 aromatic rings. The van der Waals surface area contributed by atoms with Gasteiger partial charge in [0, 0.05) is 5.56 Å². The Morgan fingerprint density at radius 3 is 2.40 bits per heavy atom. The van der Waals surface area contributed by atoms with E-state index in [2.05, 4.69) is 0 Å². The molecule has 100 valence electrons. The van der Waals surface area contributed by atoms with E-state index in [1.807, 2.05) is 6.07 Å². The van der Waals surface area contributed by atoms with Gasteiger partial charge in [0.15, 0.2) is 12.4 Å². The normalized spacial score (nSPS) is 9.85. The number of halogens is 2. The molecule has 0 heterocycles. The number of rotatable bonds is 4. The van der Waals surface area contributed by atoms with Crippen molar-refractivity contribution in [3.8, 4) is 11.8 Å². The van der Waals surface area contributed by atoms with Gasteiger partial charge in [-0.2, -0.15) is 5.26 Å². The maximum atomic E-state index is 11.9. The summed E-state index contributed by atoms with van der Waals surface area (Å²) in [5.41, 5.74) is 0.973. The molecule has 0 radical (unpaired) electrons. The van der Waals surface area contributed by atoms with Crippen LogP contribution in [0.25, 0.3) is 0 Å². The van der Waals surface area contributed by atoms with E-state index in [4.69, 9.17) is 33.2 Å². The SMILES string of the molecule is N#Cc1ccc(OCC(=O)c2ccc(Cl)c(Cl)c2)cc1. The molecule has 0 saturated heterocycles. The van der Waals surface area contributed by atoms with Crippen molar-refractivity contribution in [3.05, 3.63) is 63.6 Å². The Hall–Kier alpha value is -2.02. The van der Waals surface area contributed by atoms with Gasteiger partial charge in [-0.05, 0) is 42.5 Å². The van der Waals surface area contributed by atoms with Gasteiger partial charge in [0.2, 0.25) is 0 Å². The molecule has 2 rings (SSSR count). The lowest BCUT2D eigenvalue weighted by Crippen LogP contribution is -2.11. The molecule has 20 heavy (non-hydrogen) atoms. The smallest absolute Gasteiger partial charge is 0.200 e. The standard InChI is InChI=1S/C15H9Cl2NO2/c16-13-6-3-11(7-14(13)17)15(19)9-20-12-4-1-10(8-18)2-5-12/h1-7H,9H2. The van der Waals surface area contributed by atoms with Crippen LogP contribution in [0.4, 0.5) is 0 Å². The zero-order valence-corrected chi connectivity index (χ0v) is 11.8. The minimum absolute atomic E-state index is 0.107. The second-order valence-electron chi connectivity index (χ2n) is 3.98. The minimum Gasteiger partial charge on any atom is -0.485 e. The summed E-state index contributed by atoms with van der Waals surface area (Å²) in [4.78, 5) is 11.9. The van der Waals surface area contributed by atoms with Crippen molar-refractivity contribution >= 4 is 29.0 Å². The Labute approximate surface area is 126 Å². The number of hydrogen-bond donors (Lipinski definition) is 0. The van der Waals surface area contributed by atoms with Crippen molar-refractivity contribution in [2.75, 3.05) is 6.61 Å². The fourth-order valence-corrected chi connectivity index (χ4v) is 1.83. The van der Waals surface area contributed by atoms with Gasteiger partial charge in [0.1, 0.15) is 5.75 Å². The number of ketones is 1. The van der Waals surface area contributed by atoms with Crippen LogP contribution in [0, 0.1) is 11.3 Å². The van der Waals surface area contributed by atoms with Gasteiger partial charge in [0.05, 0.1) is 21.7 Å². The van der Waals surface area contributed by atoms with Crippen molar-refractivity contribution in [2.24, 2.45) is 0 Å². The third-order valence-electron chi connectivity index (χ3n) is 2.59. The molecule has 0 fully saturated rings. The van der Waals surface area contributed by atoms with Crippen LogP contribution in [0.2, 0.25) is 10.0 Å². The first-order valence-electron chi connectivity index (χ1n) is 5.71. The molecule has 0 amide bonds. The van der Waals surface area contributed by atoms with E-state index < -0.39 is 0 Å². The molecule has 0 saturated carbocycles. The molecule has 0 N–H and O–H groups in total. The molecule has 0 aliphatic rings. The summed E-state index contributed by atoms with van der Waals surface area (Å²) in [7, 11) is 0. The van der Waals surface area contributed by atoms with E-state index in [0.717, 1.165) is 0 Å². The Balaban J connectivity index is 2.01. The predicted octanol–water partition coefficient (Wildman–Crippen LogP) is 4.13. The zero-order chi connectivity index (χ0) is 14.5. The number of benzene rings is 2. The molecule has 0 atom stereocenters. The molecule has 2 aromatic carbocycles. The van der Waals surface area contributed by atoms with Gasteiger partial charge >= 0.3 is 0 Å². The Morgan fingerprint density at radius 2 is 1.80 bits per heavy atom. The number of ether oxygens (including phenoxy) is 1. The molecule has 0 aliphatic carbocycles. The molecule has 0 aliphatic heterocycles. The highest BCUT2D eigenvalue weighted by Crippen LogP contribution is 2.23. The van der Waals surface area contributed by atoms with Crippen LogP contribution in [0.1, 0.15) is 15.9 Å². The molecule has 5 heteroatoms. The molecule has 0 bridgehead atoms. The lowest BCUT2D eigenvalue weighted by Gasteiger charge is -2.06. The summed E-state index contributed by atoms with van der Waals surface area (Å²) in [5.74, 6) is 0.324. The van der Waals surface area contributed by atoms with Crippen molar-refractivity contribution in [1.29, 1.82) is 5.26 Å². The van der Waals surface area contributed by atoms with Gasteiger partial charge in [-0.3, -0.25) is 4.79 Å². The zero-order valence-electron chi connectivity index (χ0n) is 10.3. The van der Waals surface area contributed by atoms with Crippen molar-refractivity contribution in [3.63, 3.8) is 0 Å². The number of hydrogen-bond acceptors (Lipinski definition) is 3. The van der Waals surface area contributed by atoms with Crippen LogP contribution in [-0.4, -0.2) is 12.4 Å². The number of nitriles is 1. The second kappa shape index (κ2) is 6.42. The van der Waals surface area contributed by atoms with E-state index in [0.29, 0.717) is 26.9 Å². The average molecular weight is 306 g/mol. The topological polar surface area (TPSA) is 50.1 Å². The Kier molecular flexibility index (Phi) is 4.62. The van der Waals surface area contributed by atoms with Crippen molar-refractivity contribution in [2.45, 2.75) is 0 Å². The summed E-state index contributed by atoms with van der Waals surface area (Å²) in [6, 6.07) is 13.2. The highest BCUT2D eigenvalue weighted by atomic mass is 35.5. The van der Waals surface area contributed by atoms with Crippen LogP contribution in [0.5, 0.6) is 5.75 Å². The van der Waals surface area contributed by atoms with Gasteiger partial charge < -0.3 is 4.74 Å². The average Bonchev–Trinajstić information content (AvgIpc) is 2.48. The number of carbonyl (C=O) groups is 1. The number of nitrogens with zero attached hydrogens (tertiary/aromatic N) is 1. The number of carbonyl (C=O) groups excluding carboxylic acids is 1. The maximum Gasteiger partial charge on any atom is 0.200 e. The first kappa shape index (κ1) is 14.4. The lowest BCUT2D eigenvalue weighted by molar-refractivity contribution is 0.0921. The first-order valence-corrected chi connectivity index (χ1v) is 6.47. The summed E-state index contributed by atoms with van der Waals surface area (Å²) in [6.45, 7) is -0.107. The van der Waals surface area contributed by atoms with Crippen molar-refractivity contribution < 1.29 is 9.53 Å². The fourth-order valence-electron chi connectivity index (χ4n) is 1.53. The Bertz CT molecular complexity index is 675. The van der Waals surface area contributed by atoms with Crippen LogP contribution in [0.3, 0.4) is 0 Å². The van der Waals surface area contributed by atoms with E-state index in [1.165, 1.54) is 6.07 Å². The maximum absolute atomic E-state index is 11.9. The van der Waals surface area contributed by atoms with Gasteiger partial charge in [-0.1, -0.05) is 23.2 Å². The lowest BCUT2D eigenvalue weighted by atomic mass is 10.1. The molecule has 0 spiro atoms. The minimum atomic E-state index is -0.201. The van der Waals surface area contributed by atoms with Crippen LogP contribution < -0.4 is 4.74 Å². The summed E-state index contributed by atoms with van der Waals surface area (Å²) < 4.78 is 5.36. The predicted molar refractivity (Wildman–Crippen MR) is 77.4 cm³/mol. The van der Waals surface area contributed by atoms with Gasteiger partial charge in [-0.15, -0.1) is 0 Å². The summed E-state index contributed by atoms with van der Waals surface area (Å²) in [6.07, 6.45) is 0. The van der Waals surface area contributed by atoms with Gasteiger partial charge in [-0.25, -0.2) is 0 Å². The third kappa shape index (κ3) is 3.51. The van der Waals surface area contributed by atoms with Crippen LogP contribution in [0.15, 0.2) is 42.5 Å². The second-order valence-corrected chi connectivity index (χ2v) is 4.79. The quantitative estimate of drug-likeness (QED) is 0.798. The monoisotopic (exact) mass is 305 g/mol. The molecular weight excluding hydrogens is 297 g/mol.